The van der Waals surface area contributed by atoms with E-state index in [1.165, 1.54) is 11.3 Å². The van der Waals surface area contributed by atoms with Crippen LogP contribution in [0.2, 0.25) is 0 Å². The summed E-state index contributed by atoms with van der Waals surface area (Å²) in [5, 5.41) is 8.35. The molecule has 7 heteroatoms. The Kier molecular flexibility index (Phi) is 3.73. The molecule has 96 valence electrons. The highest BCUT2D eigenvalue weighted by Crippen LogP contribution is 2.20. The van der Waals surface area contributed by atoms with E-state index in [0.29, 0.717) is 10.8 Å². The van der Waals surface area contributed by atoms with Gasteiger partial charge in [-0.25, -0.2) is 9.97 Å². The average molecular weight is 265 g/mol. The van der Waals surface area contributed by atoms with E-state index in [-0.39, 0.29) is 11.9 Å². The fourth-order valence-corrected chi connectivity index (χ4v) is 2.18. The molecular weight excluding hydrogens is 250 g/mol. The summed E-state index contributed by atoms with van der Waals surface area (Å²) in [6.07, 6.45) is 3.26. The van der Waals surface area contributed by atoms with Gasteiger partial charge in [-0.15, -0.1) is 11.3 Å². The number of amides is 1. The third kappa shape index (κ3) is 2.74. The number of rotatable bonds is 4. The zero-order valence-electron chi connectivity index (χ0n) is 10.5. The molecule has 0 aliphatic rings. The third-order valence-electron chi connectivity index (χ3n) is 2.56. The first-order valence-electron chi connectivity index (χ1n) is 5.52. The van der Waals surface area contributed by atoms with Crippen LogP contribution in [0, 0.1) is 0 Å². The smallest absolute Gasteiger partial charge is 0.277 e. The van der Waals surface area contributed by atoms with Gasteiger partial charge in [-0.05, 0) is 14.0 Å². The molecule has 0 aliphatic heterocycles. The summed E-state index contributed by atoms with van der Waals surface area (Å²) in [6.45, 7) is 2.01. The summed E-state index contributed by atoms with van der Waals surface area (Å²) in [5.41, 5.74) is 1.30. The van der Waals surface area contributed by atoms with Crippen LogP contribution in [0.3, 0.4) is 0 Å². The van der Waals surface area contributed by atoms with Crippen LogP contribution in [-0.4, -0.2) is 27.5 Å². The van der Waals surface area contributed by atoms with Crippen molar-refractivity contribution in [2.24, 2.45) is 7.05 Å². The molecule has 1 amide bonds. The number of imidazole rings is 1. The molecule has 0 aliphatic carbocycles. The van der Waals surface area contributed by atoms with Crippen molar-refractivity contribution in [3.05, 3.63) is 29.3 Å². The Labute approximate surface area is 109 Å². The van der Waals surface area contributed by atoms with Crippen molar-refractivity contribution in [3.8, 4) is 0 Å². The highest BCUT2D eigenvalue weighted by molar-refractivity contribution is 7.14. The van der Waals surface area contributed by atoms with Crippen LogP contribution in [0.1, 0.15) is 29.1 Å². The zero-order chi connectivity index (χ0) is 13.1. The van der Waals surface area contributed by atoms with E-state index < -0.39 is 0 Å². The van der Waals surface area contributed by atoms with Crippen molar-refractivity contribution in [1.82, 2.24) is 19.9 Å². The molecule has 0 spiro atoms. The van der Waals surface area contributed by atoms with Crippen LogP contribution in [0.15, 0.2) is 17.9 Å². The second-order valence-corrected chi connectivity index (χ2v) is 4.82. The maximum Gasteiger partial charge on any atom is 0.277 e. The molecule has 2 aromatic heterocycles. The molecule has 18 heavy (non-hydrogen) atoms. The number of thiazole rings is 1. The topological polar surface area (TPSA) is 71.8 Å². The Morgan fingerprint density at radius 3 is 2.94 bits per heavy atom. The first-order chi connectivity index (χ1) is 8.60. The molecule has 0 bridgehead atoms. The Balaban J connectivity index is 2.05. The highest BCUT2D eigenvalue weighted by atomic mass is 32.1. The molecule has 2 N–H and O–H groups in total. The second kappa shape index (κ2) is 5.28. The molecule has 0 aromatic carbocycles. The molecule has 1 unspecified atom stereocenters. The molecule has 0 radical (unpaired) electrons. The van der Waals surface area contributed by atoms with Crippen LogP contribution in [0.5, 0.6) is 0 Å². The highest BCUT2D eigenvalue weighted by Gasteiger charge is 2.13. The minimum absolute atomic E-state index is 0.168. The van der Waals surface area contributed by atoms with Gasteiger partial charge in [-0.3, -0.25) is 10.1 Å². The maximum absolute atomic E-state index is 11.8. The van der Waals surface area contributed by atoms with E-state index in [1.807, 2.05) is 26.4 Å². The van der Waals surface area contributed by atoms with E-state index >= 15 is 0 Å². The zero-order valence-corrected chi connectivity index (χ0v) is 11.3. The van der Waals surface area contributed by atoms with E-state index in [4.69, 9.17) is 0 Å². The predicted molar refractivity (Wildman–Crippen MR) is 70.7 cm³/mol. The summed E-state index contributed by atoms with van der Waals surface area (Å²) in [6, 6.07) is 0.168. The van der Waals surface area contributed by atoms with Crippen molar-refractivity contribution in [3.63, 3.8) is 0 Å². The number of carbonyl (C=O) groups is 1. The third-order valence-corrected chi connectivity index (χ3v) is 3.33. The standard InChI is InChI=1S/C11H15N5OS/c1-7(12-2)9-5-18-11(14-9)15-10(17)8-4-16(3)6-13-8/h4-7,12H,1-3H3,(H,14,15,17). The molecule has 0 saturated carbocycles. The van der Waals surface area contributed by atoms with E-state index in [2.05, 4.69) is 20.6 Å². The molecular formula is C11H15N5OS. The summed E-state index contributed by atoms with van der Waals surface area (Å²) < 4.78 is 1.73. The van der Waals surface area contributed by atoms with Gasteiger partial charge in [0.2, 0.25) is 0 Å². The van der Waals surface area contributed by atoms with E-state index in [0.717, 1.165) is 5.69 Å². The normalized spacial score (nSPS) is 12.4. The fourth-order valence-electron chi connectivity index (χ4n) is 1.38. The Hall–Kier alpha value is -1.73. The van der Waals surface area contributed by atoms with Crippen LogP contribution in [0.25, 0.3) is 0 Å². The van der Waals surface area contributed by atoms with Crippen molar-refractivity contribution in [1.29, 1.82) is 0 Å². The minimum Gasteiger partial charge on any atom is -0.340 e. The largest absolute Gasteiger partial charge is 0.340 e. The van der Waals surface area contributed by atoms with E-state index in [9.17, 15) is 4.79 Å². The lowest BCUT2D eigenvalue weighted by atomic mass is 10.3. The van der Waals surface area contributed by atoms with Crippen molar-refractivity contribution >= 4 is 22.4 Å². The number of nitrogens with one attached hydrogen (secondary N) is 2. The molecule has 0 saturated heterocycles. The number of nitrogens with zero attached hydrogens (tertiary/aromatic N) is 3. The molecule has 2 aromatic rings. The van der Waals surface area contributed by atoms with Crippen molar-refractivity contribution in [2.45, 2.75) is 13.0 Å². The van der Waals surface area contributed by atoms with Crippen LogP contribution >= 0.6 is 11.3 Å². The van der Waals surface area contributed by atoms with Gasteiger partial charge >= 0.3 is 0 Å². The van der Waals surface area contributed by atoms with E-state index in [1.54, 1.807) is 17.1 Å². The molecule has 6 nitrogen and oxygen atoms in total. The van der Waals surface area contributed by atoms with Gasteiger partial charge in [0.05, 0.1) is 12.0 Å². The van der Waals surface area contributed by atoms with Crippen molar-refractivity contribution < 1.29 is 4.79 Å². The minimum atomic E-state index is -0.242. The van der Waals surface area contributed by atoms with Crippen LogP contribution in [0.4, 0.5) is 5.13 Å². The number of anilines is 1. The molecule has 2 heterocycles. The Bertz CT molecular complexity index is 547. The van der Waals surface area contributed by atoms with Gasteiger partial charge < -0.3 is 9.88 Å². The first-order valence-corrected chi connectivity index (χ1v) is 6.40. The number of aryl methyl sites for hydroxylation is 1. The summed E-state index contributed by atoms with van der Waals surface area (Å²) in [4.78, 5) is 20.2. The van der Waals surface area contributed by atoms with Gasteiger partial charge in [0.1, 0.15) is 5.69 Å². The summed E-state index contributed by atoms with van der Waals surface area (Å²) in [5.74, 6) is -0.242. The summed E-state index contributed by atoms with van der Waals surface area (Å²) >= 11 is 1.41. The molecule has 2 rings (SSSR count). The molecule has 0 fully saturated rings. The van der Waals surface area contributed by atoms with Gasteiger partial charge in [-0.1, -0.05) is 0 Å². The van der Waals surface area contributed by atoms with Gasteiger partial charge in [0.15, 0.2) is 5.13 Å². The van der Waals surface area contributed by atoms with Gasteiger partial charge in [0.25, 0.3) is 5.91 Å². The van der Waals surface area contributed by atoms with Crippen LogP contribution in [-0.2, 0) is 7.05 Å². The lowest BCUT2D eigenvalue weighted by molar-refractivity contribution is 0.102. The fraction of sp³-hybridized carbons (Fsp3) is 0.364. The lowest BCUT2D eigenvalue weighted by Crippen LogP contribution is -2.14. The summed E-state index contributed by atoms with van der Waals surface area (Å²) in [7, 11) is 3.69. The quantitative estimate of drug-likeness (QED) is 0.876. The lowest BCUT2D eigenvalue weighted by Gasteiger charge is -2.04. The number of hydrogen-bond acceptors (Lipinski definition) is 5. The maximum atomic E-state index is 11.8. The van der Waals surface area contributed by atoms with Crippen LogP contribution < -0.4 is 10.6 Å². The number of aromatic nitrogens is 3. The number of hydrogen-bond donors (Lipinski definition) is 2. The monoisotopic (exact) mass is 265 g/mol. The van der Waals surface area contributed by atoms with Crippen molar-refractivity contribution in [2.75, 3.05) is 12.4 Å². The first kappa shape index (κ1) is 12.7. The Morgan fingerprint density at radius 2 is 2.33 bits per heavy atom. The van der Waals surface area contributed by atoms with Gasteiger partial charge in [-0.2, -0.15) is 0 Å². The number of carbonyl (C=O) groups excluding carboxylic acids is 1. The SMILES string of the molecule is CNC(C)c1csc(NC(=O)c2cn(C)cn2)n1. The van der Waals surface area contributed by atoms with Gasteiger partial charge in [0, 0.05) is 24.7 Å². The average Bonchev–Trinajstić information content (AvgIpc) is 2.97. The predicted octanol–water partition coefficient (Wildman–Crippen LogP) is 1.41. The Morgan fingerprint density at radius 1 is 1.56 bits per heavy atom. The molecule has 1 atom stereocenters. The second-order valence-electron chi connectivity index (χ2n) is 3.97.